The van der Waals surface area contributed by atoms with Gasteiger partial charge in [-0.05, 0) is 51.4 Å². The molecule has 76 heavy (non-hydrogen) atoms. The SMILES string of the molecule is CCCCCCC/C=C\C/C=C\CCCCCCCCCCCCCCCCCCCC(=O)OCC(COC(=O)CCCCCCCCCCCCCCCC)OC(=O)CCCCCCCCCCCCCCCCC. The van der Waals surface area contributed by atoms with Crippen LogP contribution in [0.3, 0.4) is 0 Å². The van der Waals surface area contributed by atoms with Gasteiger partial charge in [-0.3, -0.25) is 14.4 Å². The first kappa shape index (κ1) is 73.9. The van der Waals surface area contributed by atoms with Crippen LogP contribution in [-0.2, 0) is 28.6 Å². The zero-order chi connectivity index (χ0) is 55.0. The largest absolute Gasteiger partial charge is 0.462 e. The fourth-order valence-electron chi connectivity index (χ4n) is 10.5. The molecule has 0 radical (unpaired) electrons. The van der Waals surface area contributed by atoms with Crippen LogP contribution in [0.2, 0.25) is 0 Å². The van der Waals surface area contributed by atoms with Gasteiger partial charge in [0.1, 0.15) is 13.2 Å². The molecule has 448 valence electrons. The van der Waals surface area contributed by atoms with Crippen LogP contribution >= 0.6 is 0 Å². The van der Waals surface area contributed by atoms with Crippen LogP contribution in [-0.4, -0.2) is 37.2 Å². The Morgan fingerprint density at radius 2 is 0.474 bits per heavy atom. The Labute approximate surface area is 474 Å². The number of ether oxygens (including phenoxy) is 3. The van der Waals surface area contributed by atoms with Crippen LogP contribution in [0, 0.1) is 0 Å². The predicted molar refractivity (Wildman–Crippen MR) is 330 cm³/mol. The van der Waals surface area contributed by atoms with Gasteiger partial charge < -0.3 is 14.2 Å². The summed E-state index contributed by atoms with van der Waals surface area (Å²) < 4.78 is 17.0. The Morgan fingerprint density at radius 3 is 0.724 bits per heavy atom. The van der Waals surface area contributed by atoms with E-state index < -0.39 is 6.10 Å². The minimum atomic E-state index is -0.765. The second-order valence-corrected chi connectivity index (χ2v) is 23.5. The Bertz CT molecular complexity index is 1230. The number of allylic oxidation sites excluding steroid dienone is 4. The van der Waals surface area contributed by atoms with Gasteiger partial charge >= 0.3 is 17.9 Å². The van der Waals surface area contributed by atoms with E-state index in [-0.39, 0.29) is 31.1 Å². The number of carbonyl (C=O) groups is 3. The smallest absolute Gasteiger partial charge is 0.306 e. The van der Waals surface area contributed by atoms with E-state index in [0.717, 1.165) is 64.2 Å². The third-order valence-electron chi connectivity index (χ3n) is 15.7. The average molecular weight is 1070 g/mol. The lowest BCUT2D eigenvalue weighted by Gasteiger charge is -2.18. The molecule has 0 bridgehead atoms. The van der Waals surface area contributed by atoms with Crippen molar-refractivity contribution in [3.05, 3.63) is 24.3 Å². The molecular formula is C70H132O6. The van der Waals surface area contributed by atoms with Crippen molar-refractivity contribution < 1.29 is 28.6 Å². The normalized spacial score (nSPS) is 12.1. The van der Waals surface area contributed by atoms with Gasteiger partial charge in [-0.25, -0.2) is 0 Å². The molecule has 0 aliphatic heterocycles. The summed E-state index contributed by atoms with van der Waals surface area (Å²) in [6, 6.07) is 0. The minimum Gasteiger partial charge on any atom is -0.462 e. The van der Waals surface area contributed by atoms with Crippen LogP contribution in [0.1, 0.15) is 387 Å². The van der Waals surface area contributed by atoms with Crippen LogP contribution in [0.5, 0.6) is 0 Å². The van der Waals surface area contributed by atoms with Gasteiger partial charge in [0.25, 0.3) is 0 Å². The molecule has 0 aromatic heterocycles. The molecule has 1 atom stereocenters. The number of carbonyl (C=O) groups excluding carboxylic acids is 3. The highest BCUT2D eigenvalue weighted by molar-refractivity contribution is 5.71. The van der Waals surface area contributed by atoms with Crippen LogP contribution in [0.25, 0.3) is 0 Å². The third kappa shape index (κ3) is 62.7. The molecule has 0 saturated carbocycles. The molecule has 6 heteroatoms. The summed E-state index contributed by atoms with van der Waals surface area (Å²) in [5.74, 6) is -0.831. The molecule has 0 aromatic rings. The Balaban J connectivity index is 4.15. The summed E-state index contributed by atoms with van der Waals surface area (Å²) >= 11 is 0. The van der Waals surface area contributed by atoms with Crippen LogP contribution < -0.4 is 0 Å². The van der Waals surface area contributed by atoms with Crippen molar-refractivity contribution in [1.29, 1.82) is 0 Å². The summed E-state index contributed by atoms with van der Waals surface area (Å²) in [4.78, 5) is 38.3. The quantitative estimate of drug-likeness (QED) is 0.0261. The maximum absolute atomic E-state index is 12.9. The standard InChI is InChI=1S/C70H132O6/c1-4-7-10-13-16-19-22-25-28-29-30-31-32-33-34-35-36-37-38-39-40-41-43-45-48-51-54-57-60-63-69(72)75-66-67(65-74-68(71)62-59-56-53-50-47-44-27-24-21-18-15-12-9-6-3)76-70(73)64-61-58-55-52-49-46-42-26-23-20-17-14-11-8-5-2/h22,25,29-30,67H,4-21,23-24,26-28,31-66H2,1-3H3/b25-22-,30-29-. The van der Waals surface area contributed by atoms with Crippen molar-refractivity contribution in [3.63, 3.8) is 0 Å². The van der Waals surface area contributed by atoms with E-state index in [1.165, 1.54) is 283 Å². The summed E-state index contributed by atoms with van der Waals surface area (Å²) in [5, 5.41) is 0. The van der Waals surface area contributed by atoms with E-state index in [4.69, 9.17) is 14.2 Å². The van der Waals surface area contributed by atoms with Gasteiger partial charge in [0, 0.05) is 19.3 Å². The highest BCUT2D eigenvalue weighted by atomic mass is 16.6. The number of hydrogen-bond acceptors (Lipinski definition) is 6. The molecule has 1 unspecified atom stereocenters. The Morgan fingerprint density at radius 1 is 0.263 bits per heavy atom. The second kappa shape index (κ2) is 65.4. The molecule has 0 spiro atoms. The molecule has 0 fully saturated rings. The van der Waals surface area contributed by atoms with Gasteiger partial charge in [-0.2, -0.15) is 0 Å². The van der Waals surface area contributed by atoms with Crippen molar-refractivity contribution in [1.82, 2.24) is 0 Å². The summed E-state index contributed by atoms with van der Waals surface area (Å²) in [7, 11) is 0. The lowest BCUT2D eigenvalue weighted by Crippen LogP contribution is -2.30. The van der Waals surface area contributed by atoms with Crippen molar-refractivity contribution in [2.24, 2.45) is 0 Å². The molecule has 0 saturated heterocycles. The lowest BCUT2D eigenvalue weighted by atomic mass is 10.0. The first-order valence-corrected chi connectivity index (χ1v) is 34.3. The summed E-state index contributed by atoms with van der Waals surface area (Å²) in [5.41, 5.74) is 0. The van der Waals surface area contributed by atoms with E-state index in [1.807, 2.05) is 0 Å². The van der Waals surface area contributed by atoms with E-state index in [1.54, 1.807) is 0 Å². The molecule has 0 heterocycles. The maximum Gasteiger partial charge on any atom is 0.306 e. The van der Waals surface area contributed by atoms with Crippen molar-refractivity contribution >= 4 is 17.9 Å². The monoisotopic (exact) mass is 1070 g/mol. The fourth-order valence-corrected chi connectivity index (χ4v) is 10.5. The Hall–Kier alpha value is -2.11. The zero-order valence-electron chi connectivity index (χ0n) is 51.6. The molecule has 0 aliphatic rings. The van der Waals surface area contributed by atoms with Gasteiger partial charge in [0.15, 0.2) is 6.10 Å². The summed E-state index contributed by atoms with van der Waals surface area (Å²) in [6.07, 6.45) is 79.2. The van der Waals surface area contributed by atoms with Gasteiger partial charge in [-0.15, -0.1) is 0 Å². The average Bonchev–Trinajstić information content (AvgIpc) is 3.42. The molecule has 0 rings (SSSR count). The molecule has 6 nitrogen and oxygen atoms in total. The van der Waals surface area contributed by atoms with E-state index in [0.29, 0.717) is 19.3 Å². The van der Waals surface area contributed by atoms with Crippen LogP contribution in [0.15, 0.2) is 24.3 Å². The second-order valence-electron chi connectivity index (χ2n) is 23.5. The van der Waals surface area contributed by atoms with Gasteiger partial charge in [0.2, 0.25) is 0 Å². The highest BCUT2D eigenvalue weighted by Crippen LogP contribution is 2.18. The predicted octanol–water partition coefficient (Wildman–Crippen LogP) is 23.4. The van der Waals surface area contributed by atoms with E-state index in [9.17, 15) is 14.4 Å². The van der Waals surface area contributed by atoms with E-state index >= 15 is 0 Å². The van der Waals surface area contributed by atoms with Gasteiger partial charge in [0.05, 0.1) is 0 Å². The van der Waals surface area contributed by atoms with Crippen molar-refractivity contribution in [2.75, 3.05) is 13.2 Å². The number of rotatable bonds is 64. The van der Waals surface area contributed by atoms with Crippen molar-refractivity contribution in [2.45, 2.75) is 393 Å². The fraction of sp³-hybridized carbons (Fsp3) is 0.900. The zero-order valence-corrected chi connectivity index (χ0v) is 51.6. The minimum absolute atomic E-state index is 0.0634. The van der Waals surface area contributed by atoms with Gasteiger partial charge in [-0.1, -0.05) is 340 Å². The number of unbranched alkanes of at least 4 members (excludes halogenated alkanes) is 49. The number of esters is 3. The van der Waals surface area contributed by atoms with E-state index in [2.05, 4.69) is 45.1 Å². The highest BCUT2D eigenvalue weighted by Gasteiger charge is 2.19. The first-order valence-electron chi connectivity index (χ1n) is 34.3. The Kier molecular flexibility index (Phi) is 63.6. The van der Waals surface area contributed by atoms with Crippen molar-refractivity contribution in [3.8, 4) is 0 Å². The molecule has 0 N–H and O–H groups in total. The lowest BCUT2D eigenvalue weighted by molar-refractivity contribution is -0.167. The molecule has 0 aromatic carbocycles. The molecule has 0 amide bonds. The van der Waals surface area contributed by atoms with Crippen LogP contribution in [0.4, 0.5) is 0 Å². The number of hydrogen-bond donors (Lipinski definition) is 0. The topological polar surface area (TPSA) is 78.9 Å². The third-order valence-corrected chi connectivity index (χ3v) is 15.7. The summed E-state index contributed by atoms with van der Waals surface area (Å²) in [6.45, 7) is 6.70. The molecular weight excluding hydrogens is 937 g/mol. The maximum atomic E-state index is 12.9. The molecule has 0 aliphatic carbocycles. The first-order chi connectivity index (χ1) is 37.5.